The highest BCUT2D eigenvalue weighted by Crippen LogP contribution is 2.35. The fourth-order valence-electron chi connectivity index (χ4n) is 4.63. The highest BCUT2D eigenvalue weighted by molar-refractivity contribution is 6.04. The number of rotatable bonds is 7. The van der Waals surface area contributed by atoms with E-state index < -0.39 is 11.7 Å². The lowest BCUT2D eigenvalue weighted by Gasteiger charge is -2.15. The molecule has 39 heavy (non-hydrogen) atoms. The van der Waals surface area contributed by atoms with Crippen LogP contribution >= 0.6 is 0 Å². The minimum atomic E-state index is -0.716. The van der Waals surface area contributed by atoms with Gasteiger partial charge in [-0.1, -0.05) is 6.08 Å². The molecular weight excluding hydrogens is 503 g/mol. The number of hydrogen-bond donors (Lipinski definition) is 1. The number of aryl methyl sites for hydroxylation is 1. The molecule has 0 fully saturated rings. The number of allylic oxidation sites excluding steroid dienone is 2. The highest BCUT2D eigenvalue weighted by atomic mass is 19.1. The molecule has 10 heteroatoms. The van der Waals surface area contributed by atoms with Crippen LogP contribution in [0, 0.1) is 12.7 Å². The predicted octanol–water partition coefficient (Wildman–Crippen LogP) is 5.41. The number of aromatic nitrogens is 3. The summed E-state index contributed by atoms with van der Waals surface area (Å²) in [5.41, 5.74) is 2.99. The van der Waals surface area contributed by atoms with E-state index in [1.54, 1.807) is 23.7 Å². The SMILES string of the molecule is COc1cc2nccc(Oc3ccc(NC(=O)c4cn(C)c(C)c(C5=CCCC5)c4=O)cc3F)c2nc1OC. The molecular formula is C29H27FN4O5. The Morgan fingerprint density at radius 2 is 1.92 bits per heavy atom. The standard InChI is InChI=1S/C29H27FN4O5/c1-16-25(17-7-5-6-8-17)27(35)19(15-34(16)2)28(36)32-18-9-10-22(20(30)13-18)39-23-11-12-31-21-14-24(37-3)29(38-4)33-26(21)23/h7,9-15H,5-6,8H2,1-4H3,(H,32,36). The van der Waals surface area contributed by atoms with E-state index in [2.05, 4.69) is 15.3 Å². The van der Waals surface area contributed by atoms with Gasteiger partial charge in [-0.25, -0.2) is 9.37 Å². The Morgan fingerprint density at radius 3 is 2.62 bits per heavy atom. The molecule has 0 bridgehead atoms. The number of pyridine rings is 3. The molecule has 1 amide bonds. The van der Waals surface area contributed by atoms with Gasteiger partial charge in [-0.3, -0.25) is 14.6 Å². The number of carbonyl (C=O) groups excluding carboxylic acids is 1. The van der Waals surface area contributed by atoms with E-state index in [1.807, 2.05) is 13.0 Å². The van der Waals surface area contributed by atoms with Crippen molar-refractivity contribution in [2.24, 2.45) is 7.05 Å². The third kappa shape index (κ3) is 4.93. The topological polar surface area (TPSA) is 105 Å². The second kappa shape index (κ2) is 10.6. The van der Waals surface area contributed by atoms with Crippen LogP contribution in [0.1, 0.15) is 40.9 Å². The van der Waals surface area contributed by atoms with E-state index in [4.69, 9.17) is 14.2 Å². The van der Waals surface area contributed by atoms with Crippen molar-refractivity contribution in [2.75, 3.05) is 19.5 Å². The first-order valence-electron chi connectivity index (χ1n) is 12.4. The maximum Gasteiger partial charge on any atom is 0.261 e. The average Bonchev–Trinajstić information content (AvgIpc) is 3.46. The summed E-state index contributed by atoms with van der Waals surface area (Å²) in [6, 6.07) is 7.22. The van der Waals surface area contributed by atoms with Crippen molar-refractivity contribution in [3.8, 4) is 23.1 Å². The molecule has 5 rings (SSSR count). The third-order valence-corrected chi connectivity index (χ3v) is 6.72. The molecule has 200 valence electrons. The molecule has 4 aromatic rings. The Bertz CT molecular complexity index is 1700. The fraction of sp³-hybridized carbons (Fsp3) is 0.241. The molecule has 0 saturated carbocycles. The van der Waals surface area contributed by atoms with E-state index in [0.29, 0.717) is 22.3 Å². The Balaban J connectivity index is 1.41. The predicted molar refractivity (Wildman–Crippen MR) is 145 cm³/mol. The van der Waals surface area contributed by atoms with Gasteiger partial charge in [-0.2, -0.15) is 0 Å². The van der Waals surface area contributed by atoms with Gasteiger partial charge in [0.25, 0.3) is 11.8 Å². The van der Waals surface area contributed by atoms with Crippen LogP contribution < -0.4 is 25.0 Å². The number of halogens is 1. The van der Waals surface area contributed by atoms with E-state index in [1.165, 1.54) is 38.7 Å². The lowest BCUT2D eigenvalue weighted by molar-refractivity contribution is 0.102. The van der Waals surface area contributed by atoms with E-state index in [0.717, 1.165) is 36.6 Å². The lowest BCUT2D eigenvalue weighted by atomic mass is 10.0. The lowest BCUT2D eigenvalue weighted by Crippen LogP contribution is -2.27. The summed E-state index contributed by atoms with van der Waals surface area (Å²) >= 11 is 0. The Hall–Kier alpha value is -4.73. The Morgan fingerprint density at radius 1 is 1.10 bits per heavy atom. The molecule has 3 aromatic heterocycles. The first-order valence-corrected chi connectivity index (χ1v) is 12.4. The summed E-state index contributed by atoms with van der Waals surface area (Å²) in [6.45, 7) is 1.86. The molecule has 0 unspecified atom stereocenters. The maximum atomic E-state index is 15.1. The van der Waals surface area contributed by atoms with Crippen LogP contribution in [0.2, 0.25) is 0 Å². The minimum Gasteiger partial charge on any atom is -0.491 e. The first-order chi connectivity index (χ1) is 18.8. The largest absolute Gasteiger partial charge is 0.491 e. The number of benzene rings is 1. The van der Waals surface area contributed by atoms with Crippen LogP contribution in [0.4, 0.5) is 10.1 Å². The summed E-state index contributed by atoms with van der Waals surface area (Å²) in [5, 5.41) is 2.63. The maximum absolute atomic E-state index is 15.1. The third-order valence-electron chi connectivity index (χ3n) is 6.72. The second-order valence-electron chi connectivity index (χ2n) is 9.14. The first kappa shape index (κ1) is 25.9. The van der Waals surface area contributed by atoms with Crippen molar-refractivity contribution in [3.05, 3.63) is 81.7 Å². The van der Waals surface area contributed by atoms with Gasteiger partial charge in [0, 0.05) is 54.6 Å². The molecule has 1 N–H and O–H groups in total. The summed E-state index contributed by atoms with van der Waals surface area (Å²) in [5.74, 6) is -0.527. The van der Waals surface area contributed by atoms with Gasteiger partial charge in [0.1, 0.15) is 11.1 Å². The quantitative estimate of drug-likeness (QED) is 0.341. The zero-order valence-corrected chi connectivity index (χ0v) is 22.0. The van der Waals surface area contributed by atoms with Crippen molar-refractivity contribution < 1.29 is 23.4 Å². The molecule has 0 aliphatic heterocycles. The van der Waals surface area contributed by atoms with Crippen molar-refractivity contribution in [2.45, 2.75) is 26.2 Å². The van der Waals surface area contributed by atoms with Crippen molar-refractivity contribution >= 4 is 28.2 Å². The molecule has 9 nitrogen and oxygen atoms in total. The summed E-state index contributed by atoms with van der Waals surface area (Å²) < 4.78 is 33.2. The number of ether oxygens (including phenoxy) is 3. The summed E-state index contributed by atoms with van der Waals surface area (Å²) in [6.07, 6.45) is 7.76. The number of nitrogens with zero attached hydrogens (tertiary/aromatic N) is 3. The number of nitrogens with one attached hydrogen (secondary N) is 1. The molecule has 0 atom stereocenters. The van der Waals surface area contributed by atoms with Crippen molar-refractivity contribution in [1.82, 2.24) is 14.5 Å². The summed E-state index contributed by atoms with van der Waals surface area (Å²) in [7, 11) is 4.74. The van der Waals surface area contributed by atoms with Crippen LogP contribution in [0.3, 0.4) is 0 Å². The van der Waals surface area contributed by atoms with Gasteiger partial charge < -0.3 is 24.1 Å². The fourth-order valence-corrected chi connectivity index (χ4v) is 4.63. The number of carbonyl (C=O) groups is 1. The van der Waals surface area contributed by atoms with Crippen LogP contribution in [-0.4, -0.2) is 34.7 Å². The number of fused-ring (bicyclic) bond motifs is 1. The number of anilines is 1. The van der Waals surface area contributed by atoms with Crippen LogP contribution in [0.5, 0.6) is 23.1 Å². The monoisotopic (exact) mass is 530 g/mol. The van der Waals surface area contributed by atoms with E-state index in [-0.39, 0.29) is 34.1 Å². The Labute approximate surface area is 223 Å². The van der Waals surface area contributed by atoms with Crippen LogP contribution in [-0.2, 0) is 7.05 Å². The average molecular weight is 531 g/mol. The van der Waals surface area contributed by atoms with Gasteiger partial charge >= 0.3 is 0 Å². The van der Waals surface area contributed by atoms with Crippen molar-refractivity contribution in [1.29, 1.82) is 0 Å². The smallest absolute Gasteiger partial charge is 0.261 e. The van der Waals surface area contributed by atoms with Crippen LogP contribution in [0.25, 0.3) is 16.6 Å². The van der Waals surface area contributed by atoms with Crippen molar-refractivity contribution in [3.63, 3.8) is 0 Å². The number of amides is 1. The van der Waals surface area contributed by atoms with Gasteiger partial charge in [-0.05, 0) is 43.9 Å². The zero-order valence-electron chi connectivity index (χ0n) is 22.0. The van der Waals surface area contributed by atoms with Gasteiger partial charge in [0.15, 0.2) is 23.1 Å². The molecule has 1 aromatic carbocycles. The summed E-state index contributed by atoms with van der Waals surface area (Å²) in [4.78, 5) is 35.0. The second-order valence-corrected chi connectivity index (χ2v) is 9.14. The highest BCUT2D eigenvalue weighted by Gasteiger charge is 2.21. The Kier molecular flexibility index (Phi) is 7.02. The molecule has 0 saturated heterocycles. The van der Waals surface area contributed by atoms with Gasteiger partial charge in [-0.15, -0.1) is 0 Å². The van der Waals surface area contributed by atoms with E-state index >= 15 is 4.39 Å². The molecule has 1 aliphatic carbocycles. The minimum absolute atomic E-state index is 0.00894. The van der Waals surface area contributed by atoms with E-state index in [9.17, 15) is 9.59 Å². The number of hydrogen-bond acceptors (Lipinski definition) is 7. The number of methoxy groups -OCH3 is 2. The zero-order chi connectivity index (χ0) is 27.7. The molecule has 3 heterocycles. The van der Waals surface area contributed by atoms with Gasteiger partial charge in [0.05, 0.1) is 19.7 Å². The van der Waals surface area contributed by atoms with Gasteiger partial charge in [0.2, 0.25) is 5.43 Å². The molecule has 1 aliphatic rings. The molecule has 0 spiro atoms. The molecule has 0 radical (unpaired) electrons. The van der Waals surface area contributed by atoms with Crippen LogP contribution in [0.15, 0.2) is 53.6 Å². The normalized spacial score (nSPS) is 12.8.